The molecule has 2 aromatic heterocycles. The second-order valence-corrected chi connectivity index (χ2v) is 7.82. The lowest BCUT2D eigenvalue weighted by atomic mass is 9.97. The summed E-state index contributed by atoms with van der Waals surface area (Å²) in [6, 6.07) is 14.2. The fourth-order valence-electron chi connectivity index (χ4n) is 3.02. The molecule has 0 radical (unpaired) electrons. The van der Waals surface area contributed by atoms with Gasteiger partial charge in [-0.05, 0) is 42.2 Å². The summed E-state index contributed by atoms with van der Waals surface area (Å²) >= 11 is 5.96. The van der Waals surface area contributed by atoms with Gasteiger partial charge in [-0.2, -0.15) is 5.10 Å². The molecule has 3 aromatic rings. The van der Waals surface area contributed by atoms with Gasteiger partial charge in [0.25, 0.3) is 0 Å². The molecule has 0 saturated carbocycles. The quantitative estimate of drug-likeness (QED) is 0.563. The highest BCUT2D eigenvalue weighted by Crippen LogP contribution is 2.23. The maximum Gasteiger partial charge on any atom is 0.314 e. The number of halogens is 1. The summed E-state index contributed by atoms with van der Waals surface area (Å²) in [5, 5.41) is 10.2. The van der Waals surface area contributed by atoms with Crippen LogP contribution in [0.5, 0.6) is 0 Å². The number of amides is 2. The molecule has 3 rings (SSSR count). The lowest BCUT2D eigenvalue weighted by molar-refractivity contribution is -0.136. The molecule has 30 heavy (non-hydrogen) atoms. The van der Waals surface area contributed by atoms with Gasteiger partial charge in [0.2, 0.25) is 0 Å². The molecule has 2 N–H and O–H groups in total. The van der Waals surface area contributed by atoms with Crippen LogP contribution in [0.1, 0.15) is 37.6 Å². The van der Waals surface area contributed by atoms with E-state index < -0.39 is 11.8 Å². The first kappa shape index (κ1) is 21.5. The standard InChI is InChI=1S/C22H24ClN5O2/c1-15(2)13-19(16-6-8-17(23)9-7-16)25-21(29)22(30)26-20-10-12-28(27-20)14-18-5-3-4-11-24-18/h3-12,15,19H,13-14H2,1-2H3,(H,25,29)(H,26,27,30)/t19-/m1/s1. The van der Waals surface area contributed by atoms with Crippen LogP contribution >= 0.6 is 11.6 Å². The molecule has 0 aliphatic carbocycles. The summed E-state index contributed by atoms with van der Waals surface area (Å²) in [7, 11) is 0. The average molecular weight is 426 g/mol. The van der Waals surface area contributed by atoms with Crippen LogP contribution in [-0.2, 0) is 16.1 Å². The number of nitrogens with one attached hydrogen (secondary N) is 2. The number of carbonyl (C=O) groups excluding carboxylic acids is 2. The number of rotatable bonds is 7. The Morgan fingerprint density at radius 2 is 1.83 bits per heavy atom. The van der Waals surface area contributed by atoms with Crippen molar-refractivity contribution in [2.24, 2.45) is 5.92 Å². The van der Waals surface area contributed by atoms with Crippen molar-refractivity contribution < 1.29 is 9.59 Å². The maximum absolute atomic E-state index is 12.5. The number of nitrogens with zero attached hydrogens (tertiary/aromatic N) is 3. The van der Waals surface area contributed by atoms with Crippen molar-refractivity contribution in [1.82, 2.24) is 20.1 Å². The predicted molar refractivity (Wildman–Crippen MR) is 116 cm³/mol. The molecule has 0 fully saturated rings. The number of pyridine rings is 1. The van der Waals surface area contributed by atoms with E-state index in [2.05, 4.69) is 34.6 Å². The van der Waals surface area contributed by atoms with Gasteiger partial charge in [0.15, 0.2) is 5.82 Å². The number of hydrogen-bond acceptors (Lipinski definition) is 4. The number of aromatic nitrogens is 3. The van der Waals surface area contributed by atoms with Crippen LogP contribution in [0.2, 0.25) is 5.02 Å². The fraction of sp³-hybridized carbons (Fsp3) is 0.273. The van der Waals surface area contributed by atoms with Gasteiger partial charge in [-0.15, -0.1) is 0 Å². The topological polar surface area (TPSA) is 88.9 Å². The largest absolute Gasteiger partial charge is 0.341 e. The highest BCUT2D eigenvalue weighted by atomic mass is 35.5. The van der Waals surface area contributed by atoms with E-state index in [4.69, 9.17) is 11.6 Å². The van der Waals surface area contributed by atoms with E-state index >= 15 is 0 Å². The Labute approximate surface area is 180 Å². The minimum Gasteiger partial charge on any atom is -0.341 e. The van der Waals surface area contributed by atoms with Gasteiger partial charge in [-0.1, -0.05) is 43.6 Å². The van der Waals surface area contributed by atoms with Crippen LogP contribution in [0.4, 0.5) is 5.82 Å². The monoisotopic (exact) mass is 425 g/mol. The summed E-state index contributed by atoms with van der Waals surface area (Å²) < 4.78 is 1.64. The van der Waals surface area contributed by atoms with Crippen molar-refractivity contribution in [3.8, 4) is 0 Å². The zero-order valence-corrected chi connectivity index (χ0v) is 17.6. The Hall–Kier alpha value is -3.19. The van der Waals surface area contributed by atoms with Crippen molar-refractivity contribution >= 4 is 29.2 Å². The molecule has 0 aliphatic heterocycles. The van der Waals surface area contributed by atoms with Gasteiger partial charge in [0, 0.05) is 23.5 Å². The first-order valence-electron chi connectivity index (χ1n) is 9.71. The van der Waals surface area contributed by atoms with E-state index in [1.165, 1.54) is 0 Å². The molecule has 1 atom stereocenters. The van der Waals surface area contributed by atoms with E-state index in [1.807, 2.05) is 30.3 Å². The van der Waals surface area contributed by atoms with Crippen LogP contribution in [-0.4, -0.2) is 26.6 Å². The number of carbonyl (C=O) groups is 2. The Kier molecular flexibility index (Phi) is 7.19. The van der Waals surface area contributed by atoms with Crippen LogP contribution in [0.3, 0.4) is 0 Å². The molecule has 0 unspecified atom stereocenters. The summed E-state index contributed by atoms with van der Waals surface area (Å²) in [6.45, 7) is 4.59. The molecule has 156 valence electrons. The first-order chi connectivity index (χ1) is 14.4. The van der Waals surface area contributed by atoms with Crippen molar-refractivity contribution in [3.05, 3.63) is 77.2 Å². The van der Waals surface area contributed by atoms with Crippen molar-refractivity contribution in [3.63, 3.8) is 0 Å². The molecule has 8 heteroatoms. The third-order valence-corrected chi connectivity index (χ3v) is 4.68. The molecule has 0 saturated heterocycles. The lowest BCUT2D eigenvalue weighted by Gasteiger charge is -2.21. The van der Waals surface area contributed by atoms with Crippen LogP contribution in [0.15, 0.2) is 60.9 Å². The van der Waals surface area contributed by atoms with E-state index in [0.29, 0.717) is 29.7 Å². The zero-order valence-electron chi connectivity index (χ0n) is 16.9. The van der Waals surface area contributed by atoms with Gasteiger partial charge >= 0.3 is 11.8 Å². The molecule has 2 amide bonds. The third-order valence-electron chi connectivity index (χ3n) is 4.42. The fourth-order valence-corrected chi connectivity index (χ4v) is 3.14. The van der Waals surface area contributed by atoms with Gasteiger partial charge in [0.1, 0.15) is 0 Å². The summed E-state index contributed by atoms with van der Waals surface area (Å²) in [4.78, 5) is 29.1. The average Bonchev–Trinajstić information content (AvgIpc) is 3.15. The second kappa shape index (κ2) is 10.0. The van der Waals surface area contributed by atoms with Gasteiger partial charge in [0.05, 0.1) is 18.3 Å². The number of anilines is 1. The molecular weight excluding hydrogens is 402 g/mol. The SMILES string of the molecule is CC(C)C[C@@H](NC(=O)C(=O)Nc1ccn(Cc2ccccn2)n1)c1ccc(Cl)cc1. The Balaban J connectivity index is 1.61. The molecule has 2 heterocycles. The van der Waals surface area contributed by atoms with Gasteiger partial charge < -0.3 is 10.6 Å². The maximum atomic E-state index is 12.5. The van der Waals surface area contributed by atoms with Gasteiger partial charge in [-0.25, -0.2) is 0 Å². The minimum atomic E-state index is -0.763. The molecular formula is C22H24ClN5O2. The van der Waals surface area contributed by atoms with E-state index in [1.54, 1.807) is 35.3 Å². The van der Waals surface area contributed by atoms with Crippen LogP contribution < -0.4 is 10.6 Å². The second-order valence-electron chi connectivity index (χ2n) is 7.38. The Bertz CT molecular complexity index is 986. The normalized spacial score (nSPS) is 11.9. The molecule has 0 spiro atoms. The highest BCUT2D eigenvalue weighted by Gasteiger charge is 2.21. The summed E-state index contributed by atoms with van der Waals surface area (Å²) in [5.74, 6) is -0.843. The van der Waals surface area contributed by atoms with E-state index in [-0.39, 0.29) is 6.04 Å². The van der Waals surface area contributed by atoms with Crippen LogP contribution in [0, 0.1) is 5.92 Å². The Morgan fingerprint density at radius 3 is 2.50 bits per heavy atom. The van der Waals surface area contributed by atoms with Crippen molar-refractivity contribution in [1.29, 1.82) is 0 Å². The van der Waals surface area contributed by atoms with Crippen LogP contribution in [0.25, 0.3) is 0 Å². The third kappa shape index (κ3) is 6.15. The van der Waals surface area contributed by atoms with Crippen molar-refractivity contribution in [2.75, 3.05) is 5.32 Å². The zero-order chi connectivity index (χ0) is 21.5. The molecule has 0 bridgehead atoms. The molecule has 7 nitrogen and oxygen atoms in total. The smallest absolute Gasteiger partial charge is 0.314 e. The minimum absolute atomic E-state index is 0.290. The highest BCUT2D eigenvalue weighted by molar-refractivity contribution is 6.39. The molecule has 1 aromatic carbocycles. The Morgan fingerprint density at radius 1 is 1.07 bits per heavy atom. The van der Waals surface area contributed by atoms with E-state index in [0.717, 1.165) is 11.3 Å². The molecule has 0 aliphatic rings. The number of benzene rings is 1. The summed E-state index contributed by atoms with van der Waals surface area (Å²) in [6.07, 6.45) is 4.12. The van der Waals surface area contributed by atoms with Gasteiger partial charge in [-0.3, -0.25) is 19.3 Å². The number of hydrogen-bond donors (Lipinski definition) is 2. The first-order valence-corrected chi connectivity index (χ1v) is 10.1. The van der Waals surface area contributed by atoms with E-state index in [9.17, 15) is 9.59 Å². The lowest BCUT2D eigenvalue weighted by Crippen LogP contribution is -2.38. The predicted octanol–water partition coefficient (Wildman–Crippen LogP) is 3.82. The van der Waals surface area contributed by atoms with Crippen molar-refractivity contribution in [2.45, 2.75) is 32.9 Å². The summed E-state index contributed by atoms with van der Waals surface area (Å²) in [5.41, 5.74) is 1.74.